The summed E-state index contributed by atoms with van der Waals surface area (Å²) in [6, 6.07) is 0. The van der Waals surface area contributed by atoms with Gasteiger partial charge in [0.1, 0.15) is 0 Å². The summed E-state index contributed by atoms with van der Waals surface area (Å²) in [5, 5.41) is 3.76. The predicted molar refractivity (Wildman–Crippen MR) is 64.0 cm³/mol. The molecule has 17 heavy (non-hydrogen) atoms. The molecule has 0 aromatic rings. The van der Waals surface area contributed by atoms with Gasteiger partial charge in [-0.1, -0.05) is 0 Å². The smallest absolute Gasteiger partial charge is 0.00143 e. The summed E-state index contributed by atoms with van der Waals surface area (Å²) < 4.78 is 0. The minimum absolute atomic E-state index is 1.13. The highest BCUT2D eigenvalue weighted by Crippen LogP contribution is 2.87. The second-order valence-corrected chi connectivity index (χ2v) is 8.51. The van der Waals surface area contributed by atoms with Gasteiger partial charge in [0.25, 0.3) is 0 Å². The van der Waals surface area contributed by atoms with Crippen LogP contribution in [-0.2, 0) is 0 Å². The molecule has 1 N–H and O–H groups in total. The maximum atomic E-state index is 3.76. The van der Waals surface area contributed by atoms with E-state index in [9.17, 15) is 0 Å². The van der Waals surface area contributed by atoms with Gasteiger partial charge in [-0.3, -0.25) is 0 Å². The number of hydrogen-bond acceptors (Lipinski definition) is 1. The molecule has 12 atom stereocenters. The van der Waals surface area contributed by atoms with E-state index < -0.39 is 0 Å². The average Bonchev–Trinajstić information content (AvgIpc) is 2.92. The lowest BCUT2D eigenvalue weighted by Crippen LogP contribution is -2.57. The lowest BCUT2D eigenvalue weighted by Gasteiger charge is -2.60. The van der Waals surface area contributed by atoms with Crippen LogP contribution < -0.4 is 5.32 Å². The average molecular weight is 227 g/mol. The summed E-state index contributed by atoms with van der Waals surface area (Å²) in [7, 11) is 0. The predicted octanol–water partition coefficient (Wildman–Crippen LogP) is 1.85. The monoisotopic (exact) mass is 227 g/mol. The molecule has 0 unspecified atom stereocenters. The van der Waals surface area contributed by atoms with E-state index in [-0.39, 0.29) is 0 Å². The highest BCUT2D eigenvalue weighted by molar-refractivity contribution is 5.32. The van der Waals surface area contributed by atoms with Crippen LogP contribution in [0.1, 0.15) is 12.8 Å². The summed E-state index contributed by atoms with van der Waals surface area (Å²) in [6.45, 7) is 2.79. The molecule has 1 saturated heterocycles. The SMILES string of the molecule is C1NC[C@H]2[C@@H]1[C@H]1[C@H]3[C@@H]4CC[C@@H]5[C@H]3[C@@H]2[C@H]2[C@@H]5[C@H]4[C@H]12. The standard InChI is InChI=1S/C16H21N/c1-2-6-10-9-5(1)11-12(6)16-14(10)8-4-17-3-7(8)13(9)15(11)16/h5-17H,1-4H2/t5-,6+,7+,8-,9-,10+,11-,12-,13-,14+,15+,16+/m0/s1. The van der Waals surface area contributed by atoms with Gasteiger partial charge in [-0.25, -0.2) is 0 Å². The molecule has 0 spiro atoms. The third kappa shape index (κ3) is 0.554. The summed E-state index contributed by atoms with van der Waals surface area (Å²) in [5.41, 5.74) is 0. The van der Waals surface area contributed by atoms with E-state index >= 15 is 0 Å². The Morgan fingerprint density at radius 3 is 1.41 bits per heavy atom. The molecule has 8 aliphatic rings. The van der Waals surface area contributed by atoms with Gasteiger partial charge < -0.3 is 5.32 Å². The Morgan fingerprint density at radius 1 is 0.471 bits per heavy atom. The fraction of sp³-hybridized carbons (Fsp3) is 1.00. The van der Waals surface area contributed by atoms with Crippen molar-refractivity contribution in [1.29, 1.82) is 0 Å². The first-order valence-corrected chi connectivity index (χ1v) is 8.17. The van der Waals surface area contributed by atoms with E-state index in [0.717, 1.165) is 11.8 Å². The fourth-order valence-corrected chi connectivity index (χ4v) is 9.59. The van der Waals surface area contributed by atoms with Gasteiger partial charge in [-0.15, -0.1) is 0 Å². The van der Waals surface area contributed by atoms with Crippen LogP contribution in [0.2, 0.25) is 0 Å². The topological polar surface area (TPSA) is 12.0 Å². The van der Waals surface area contributed by atoms with Gasteiger partial charge in [0, 0.05) is 0 Å². The van der Waals surface area contributed by atoms with Crippen LogP contribution in [0.4, 0.5) is 0 Å². The molecule has 7 aliphatic carbocycles. The van der Waals surface area contributed by atoms with Crippen LogP contribution in [0, 0.1) is 71.0 Å². The van der Waals surface area contributed by atoms with E-state index in [4.69, 9.17) is 0 Å². The van der Waals surface area contributed by atoms with Crippen LogP contribution in [0.15, 0.2) is 0 Å². The maximum Gasteiger partial charge on any atom is -0.00143 e. The third-order valence-corrected chi connectivity index (χ3v) is 9.11. The minimum atomic E-state index is 1.13. The zero-order valence-corrected chi connectivity index (χ0v) is 10.3. The van der Waals surface area contributed by atoms with Crippen molar-refractivity contribution in [2.45, 2.75) is 12.8 Å². The molecular formula is C16H21N. The van der Waals surface area contributed by atoms with Gasteiger partial charge >= 0.3 is 0 Å². The zero-order chi connectivity index (χ0) is 10.5. The quantitative estimate of drug-likeness (QED) is 0.666. The van der Waals surface area contributed by atoms with Crippen LogP contribution in [0.5, 0.6) is 0 Å². The Hall–Kier alpha value is -0.0400. The maximum absolute atomic E-state index is 3.76. The van der Waals surface area contributed by atoms with E-state index in [1.807, 2.05) is 0 Å². The van der Waals surface area contributed by atoms with Gasteiger partial charge in [0.2, 0.25) is 0 Å². The molecule has 90 valence electrons. The largest absolute Gasteiger partial charge is 0.316 e. The molecule has 1 heteroatoms. The van der Waals surface area contributed by atoms with Crippen molar-refractivity contribution >= 4 is 0 Å². The molecule has 1 nitrogen and oxygen atoms in total. The third-order valence-electron chi connectivity index (χ3n) is 9.11. The normalized spacial score (nSPS) is 83.3. The van der Waals surface area contributed by atoms with Crippen molar-refractivity contribution in [2.24, 2.45) is 71.0 Å². The summed E-state index contributed by atoms with van der Waals surface area (Å²) in [4.78, 5) is 0. The summed E-state index contributed by atoms with van der Waals surface area (Å²) >= 11 is 0. The van der Waals surface area contributed by atoms with Crippen molar-refractivity contribution < 1.29 is 0 Å². The van der Waals surface area contributed by atoms with Crippen molar-refractivity contribution in [3.63, 3.8) is 0 Å². The molecule has 0 aromatic carbocycles. The Bertz CT molecular complexity index is 401. The first kappa shape index (κ1) is 8.19. The first-order chi connectivity index (χ1) is 8.47. The van der Waals surface area contributed by atoms with Gasteiger partial charge in [-0.2, -0.15) is 0 Å². The molecule has 1 aliphatic heterocycles. The van der Waals surface area contributed by atoms with Gasteiger partial charge in [-0.05, 0) is 96.9 Å². The number of hydrogen-bond donors (Lipinski definition) is 1. The molecule has 4 bridgehead atoms. The molecule has 7 saturated carbocycles. The Kier molecular flexibility index (Phi) is 1.03. The fourth-order valence-electron chi connectivity index (χ4n) is 9.59. The first-order valence-electron chi connectivity index (χ1n) is 8.17. The van der Waals surface area contributed by atoms with Crippen LogP contribution in [-0.4, -0.2) is 13.1 Å². The second-order valence-electron chi connectivity index (χ2n) is 8.51. The number of fused-ring (bicyclic) bond motifs is 1. The van der Waals surface area contributed by atoms with Crippen molar-refractivity contribution in [2.75, 3.05) is 13.1 Å². The van der Waals surface area contributed by atoms with Gasteiger partial charge in [0.15, 0.2) is 0 Å². The second kappa shape index (κ2) is 2.13. The van der Waals surface area contributed by atoms with Crippen LogP contribution in [0.25, 0.3) is 0 Å². The highest BCUT2D eigenvalue weighted by Gasteiger charge is 2.84. The number of nitrogens with one attached hydrogen (secondary N) is 1. The summed E-state index contributed by atoms with van der Waals surface area (Å²) in [5.74, 6) is 14.7. The lowest BCUT2D eigenvalue weighted by molar-refractivity contribution is -0.127. The Labute approximate surface area is 103 Å². The minimum Gasteiger partial charge on any atom is -0.316 e. The van der Waals surface area contributed by atoms with Crippen molar-refractivity contribution in [3.05, 3.63) is 0 Å². The summed E-state index contributed by atoms with van der Waals surface area (Å²) in [6.07, 6.45) is 3.29. The Morgan fingerprint density at radius 2 is 0.882 bits per heavy atom. The van der Waals surface area contributed by atoms with E-state index in [0.29, 0.717) is 0 Å². The Balaban J connectivity index is 1.54. The molecule has 0 aromatic heterocycles. The van der Waals surface area contributed by atoms with Crippen molar-refractivity contribution in [1.82, 2.24) is 5.32 Å². The molecule has 0 amide bonds. The highest BCUT2D eigenvalue weighted by atomic mass is 15.0. The molecular weight excluding hydrogens is 206 g/mol. The molecule has 1 heterocycles. The van der Waals surface area contributed by atoms with Gasteiger partial charge in [0.05, 0.1) is 0 Å². The zero-order valence-electron chi connectivity index (χ0n) is 10.3. The van der Waals surface area contributed by atoms with Crippen LogP contribution in [0.3, 0.4) is 0 Å². The van der Waals surface area contributed by atoms with E-state index in [1.165, 1.54) is 72.3 Å². The van der Waals surface area contributed by atoms with Crippen molar-refractivity contribution in [3.8, 4) is 0 Å². The molecule has 8 fully saturated rings. The lowest BCUT2D eigenvalue weighted by atomic mass is 9.44. The number of rotatable bonds is 0. The van der Waals surface area contributed by atoms with E-state index in [1.54, 1.807) is 12.8 Å². The molecule has 0 radical (unpaired) electrons. The van der Waals surface area contributed by atoms with Crippen LogP contribution >= 0.6 is 0 Å². The van der Waals surface area contributed by atoms with E-state index in [2.05, 4.69) is 5.32 Å². The molecule has 8 rings (SSSR count).